The molecule has 0 spiro atoms. The third-order valence-electron chi connectivity index (χ3n) is 2.80. The van der Waals surface area contributed by atoms with Crippen LogP contribution in [0.1, 0.15) is 12.8 Å². The van der Waals surface area contributed by atoms with Gasteiger partial charge in [-0.05, 0) is 18.9 Å². The molecule has 6 nitrogen and oxygen atoms in total. The maximum absolute atomic E-state index is 5.73. The van der Waals surface area contributed by atoms with Gasteiger partial charge in [-0.2, -0.15) is 4.98 Å². The summed E-state index contributed by atoms with van der Waals surface area (Å²) >= 11 is 1.39. The zero-order chi connectivity index (χ0) is 13.1. The van der Waals surface area contributed by atoms with E-state index in [0.717, 1.165) is 30.0 Å². The van der Waals surface area contributed by atoms with Crippen LogP contribution in [0.4, 0.5) is 5.13 Å². The second-order valence-corrected chi connectivity index (χ2v) is 5.31. The highest BCUT2D eigenvalue weighted by atomic mass is 32.1. The van der Waals surface area contributed by atoms with Gasteiger partial charge >= 0.3 is 6.01 Å². The molecule has 1 fully saturated rings. The van der Waals surface area contributed by atoms with Crippen molar-refractivity contribution < 1.29 is 9.47 Å². The van der Waals surface area contributed by atoms with Crippen LogP contribution in [0.3, 0.4) is 0 Å². The molecule has 0 aliphatic carbocycles. The molecule has 1 aliphatic rings. The van der Waals surface area contributed by atoms with Gasteiger partial charge in [0.2, 0.25) is 0 Å². The molecular formula is C12H14N4O2S. The zero-order valence-electron chi connectivity index (χ0n) is 10.3. The molecule has 19 heavy (non-hydrogen) atoms. The molecule has 1 aliphatic heterocycles. The van der Waals surface area contributed by atoms with Crippen LogP contribution >= 0.6 is 11.3 Å². The first kappa shape index (κ1) is 12.3. The second-order valence-electron chi connectivity index (χ2n) is 4.24. The Morgan fingerprint density at radius 1 is 1.42 bits per heavy atom. The molecule has 0 bridgehead atoms. The van der Waals surface area contributed by atoms with Gasteiger partial charge in [0.25, 0.3) is 0 Å². The SMILES string of the molecule is Nc1ncc(-c2ccnc(OC3CCCOC3)n2)s1. The second kappa shape index (κ2) is 5.50. The summed E-state index contributed by atoms with van der Waals surface area (Å²) in [6.45, 7) is 1.40. The van der Waals surface area contributed by atoms with Gasteiger partial charge in [-0.15, -0.1) is 0 Å². The third-order valence-corrected chi connectivity index (χ3v) is 3.65. The molecule has 1 saturated heterocycles. The van der Waals surface area contributed by atoms with Gasteiger partial charge in [0, 0.05) is 19.0 Å². The monoisotopic (exact) mass is 278 g/mol. The summed E-state index contributed by atoms with van der Waals surface area (Å²) in [5, 5.41) is 0.525. The fraction of sp³-hybridized carbons (Fsp3) is 0.417. The van der Waals surface area contributed by atoms with Crippen LogP contribution in [0.25, 0.3) is 10.6 Å². The lowest BCUT2D eigenvalue weighted by Crippen LogP contribution is -2.28. The van der Waals surface area contributed by atoms with Crippen LogP contribution in [0.5, 0.6) is 6.01 Å². The number of nitrogens with two attached hydrogens (primary N) is 1. The number of anilines is 1. The van der Waals surface area contributed by atoms with Gasteiger partial charge in [-0.25, -0.2) is 9.97 Å². The van der Waals surface area contributed by atoms with Crippen molar-refractivity contribution in [2.24, 2.45) is 0 Å². The Hall–Kier alpha value is -1.73. The Bertz CT molecular complexity index is 554. The molecule has 7 heteroatoms. The molecule has 3 rings (SSSR count). The quantitative estimate of drug-likeness (QED) is 0.920. The first-order chi connectivity index (χ1) is 9.31. The third kappa shape index (κ3) is 2.99. The minimum atomic E-state index is 0.0375. The minimum absolute atomic E-state index is 0.0375. The predicted octanol–water partition coefficient (Wildman–Crippen LogP) is 1.74. The van der Waals surface area contributed by atoms with Gasteiger partial charge in [0.05, 0.1) is 17.2 Å². The number of hydrogen-bond donors (Lipinski definition) is 1. The first-order valence-electron chi connectivity index (χ1n) is 6.10. The van der Waals surface area contributed by atoms with E-state index in [1.54, 1.807) is 12.4 Å². The number of nitrogens with zero attached hydrogens (tertiary/aromatic N) is 3. The average Bonchev–Trinajstić information content (AvgIpc) is 2.87. The molecular weight excluding hydrogens is 264 g/mol. The van der Waals surface area contributed by atoms with E-state index in [-0.39, 0.29) is 6.10 Å². The van der Waals surface area contributed by atoms with Gasteiger partial charge in [0.15, 0.2) is 5.13 Å². The van der Waals surface area contributed by atoms with E-state index >= 15 is 0 Å². The standard InChI is InChI=1S/C12H14N4O2S/c13-11-15-6-10(19-11)9-3-4-14-12(16-9)18-8-2-1-5-17-7-8/h3-4,6,8H,1-2,5,7H2,(H2,13,15). The molecule has 2 N–H and O–H groups in total. The van der Waals surface area contributed by atoms with Gasteiger partial charge in [0.1, 0.15) is 6.10 Å². The van der Waals surface area contributed by atoms with Crippen molar-refractivity contribution in [2.75, 3.05) is 18.9 Å². The van der Waals surface area contributed by atoms with Crippen LogP contribution in [0.15, 0.2) is 18.5 Å². The van der Waals surface area contributed by atoms with E-state index in [1.165, 1.54) is 11.3 Å². The fourth-order valence-electron chi connectivity index (χ4n) is 1.89. The fourth-order valence-corrected chi connectivity index (χ4v) is 2.55. The average molecular weight is 278 g/mol. The summed E-state index contributed by atoms with van der Waals surface area (Å²) < 4.78 is 11.1. The Morgan fingerprint density at radius 2 is 2.37 bits per heavy atom. The van der Waals surface area contributed by atoms with Crippen molar-refractivity contribution in [3.63, 3.8) is 0 Å². The summed E-state index contributed by atoms with van der Waals surface area (Å²) in [5.74, 6) is 0. The molecule has 1 atom stereocenters. The maximum atomic E-state index is 5.73. The Kier molecular flexibility index (Phi) is 3.56. The predicted molar refractivity (Wildman–Crippen MR) is 72.0 cm³/mol. The maximum Gasteiger partial charge on any atom is 0.317 e. The highest BCUT2D eigenvalue weighted by molar-refractivity contribution is 7.18. The van der Waals surface area contributed by atoms with E-state index < -0.39 is 0 Å². The van der Waals surface area contributed by atoms with E-state index in [0.29, 0.717) is 17.7 Å². The summed E-state index contributed by atoms with van der Waals surface area (Å²) in [6.07, 6.45) is 5.40. The molecule has 100 valence electrons. The minimum Gasteiger partial charge on any atom is -0.458 e. The largest absolute Gasteiger partial charge is 0.458 e. The Labute approximate surface area is 114 Å². The lowest BCUT2D eigenvalue weighted by molar-refractivity contribution is 0.00342. The molecule has 2 aromatic heterocycles. The Balaban J connectivity index is 1.75. The normalized spacial score (nSPS) is 19.3. The molecule has 0 radical (unpaired) electrons. The van der Waals surface area contributed by atoms with Crippen molar-refractivity contribution in [1.82, 2.24) is 15.0 Å². The van der Waals surface area contributed by atoms with Crippen molar-refractivity contribution in [3.05, 3.63) is 18.5 Å². The summed E-state index contributed by atoms with van der Waals surface area (Å²) in [7, 11) is 0. The Morgan fingerprint density at radius 3 is 3.11 bits per heavy atom. The summed E-state index contributed by atoms with van der Waals surface area (Å²) in [6, 6.07) is 2.19. The molecule has 0 amide bonds. The van der Waals surface area contributed by atoms with Gasteiger partial charge < -0.3 is 15.2 Å². The topological polar surface area (TPSA) is 83.2 Å². The van der Waals surface area contributed by atoms with Crippen LogP contribution in [0.2, 0.25) is 0 Å². The van der Waals surface area contributed by atoms with Crippen LogP contribution in [0, 0.1) is 0 Å². The van der Waals surface area contributed by atoms with Crippen molar-refractivity contribution >= 4 is 16.5 Å². The van der Waals surface area contributed by atoms with Gasteiger partial charge in [-0.3, -0.25) is 0 Å². The van der Waals surface area contributed by atoms with E-state index in [9.17, 15) is 0 Å². The number of hydrogen-bond acceptors (Lipinski definition) is 7. The van der Waals surface area contributed by atoms with Crippen molar-refractivity contribution in [2.45, 2.75) is 18.9 Å². The van der Waals surface area contributed by atoms with Gasteiger partial charge in [-0.1, -0.05) is 11.3 Å². The molecule has 0 aromatic carbocycles. The highest BCUT2D eigenvalue weighted by Crippen LogP contribution is 2.26. The number of ether oxygens (including phenoxy) is 2. The first-order valence-corrected chi connectivity index (χ1v) is 6.92. The van der Waals surface area contributed by atoms with E-state index in [2.05, 4.69) is 15.0 Å². The summed E-state index contributed by atoms with van der Waals surface area (Å²) in [5.41, 5.74) is 6.39. The smallest absolute Gasteiger partial charge is 0.317 e. The van der Waals surface area contributed by atoms with Crippen molar-refractivity contribution in [1.29, 1.82) is 0 Å². The van der Waals surface area contributed by atoms with E-state index in [4.69, 9.17) is 15.2 Å². The molecule has 1 unspecified atom stereocenters. The summed E-state index contributed by atoms with van der Waals surface area (Å²) in [4.78, 5) is 13.4. The molecule has 3 heterocycles. The lowest BCUT2D eigenvalue weighted by Gasteiger charge is -2.22. The molecule has 0 saturated carbocycles. The van der Waals surface area contributed by atoms with Crippen LogP contribution < -0.4 is 10.5 Å². The van der Waals surface area contributed by atoms with Crippen molar-refractivity contribution in [3.8, 4) is 16.6 Å². The van der Waals surface area contributed by atoms with Crippen LogP contribution in [-0.2, 0) is 4.74 Å². The number of nitrogen functional groups attached to an aromatic ring is 1. The zero-order valence-corrected chi connectivity index (χ0v) is 11.1. The highest BCUT2D eigenvalue weighted by Gasteiger charge is 2.17. The molecule has 2 aromatic rings. The lowest BCUT2D eigenvalue weighted by atomic mass is 10.2. The van der Waals surface area contributed by atoms with E-state index in [1.807, 2.05) is 6.07 Å². The number of aromatic nitrogens is 3. The number of thiazole rings is 1. The number of rotatable bonds is 3. The van der Waals surface area contributed by atoms with Crippen LogP contribution in [-0.4, -0.2) is 34.3 Å².